The summed E-state index contributed by atoms with van der Waals surface area (Å²) in [7, 11) is 0. The minimum Gasteiger partial charge on any atom is -0.480 e. The van der Waals surface area contributed by atoms with Crippen molar-refractivity contribution in [2.45, 2.75) is 24.1 Å². The fourth-order valence-electron chi connectivity index (χ4n) is 4.37. The molecule has 2 aromatic rings. The number of azide groups is 1. The zero-order valence-corrected chi connectivity index (χ0v) is 17.5. The summed E-state index contributed by atoms with van der Waals surface area (Å²) in [5.74, 6) is -6.22. The Morgan fingerprint density at radius 3 is 2.56 bits per heavy atom. The lowest BCUT2D eigenvalue weighted by Crippen LogP contribution is -2.46. The van der Waals surface area contributed by atoms with Crippen molar-refractivity contribution in [2.75, 3.05) is 19.6 Å². The van der Waals surface area contributed by atoms with E-state index in [1.54, 1.807) is 6.07 Å². The monoisotopic (exact) mass is 473 g/mol. The van der Waals surface area contributed by atoms with Crippen molar-refractivity contribution in [1.82, 2.24) is 10.2 Å². The van der Waals surface area contributed by atoms with E-state index in [1.165, 1.54) is 30.3 Å². The Kier molecular flexibility index (Phi) is 5.70. The van der Waals surface area contributed by atoms with E-state index in [1.807, 2.05) is 0 Å². The van der Waals surface area contributed by atoms with Gasteiger partial charge in [-0.15, -0.1) is 0 Å². The highest BCUT2D eigenvalue weighted by Gasteiger charge is 2.49. The molecule has 9 nitrogen and oxygen atoms in total. The summed E-state index contributed by atoms with van der Waals surface area (Å²) in [6, 6.07) is 8.13. The van der Waals surface area contributed by atoms with Gasteiger partial charge in [-0.2, -0.15) is 8.78 Å². The van der Waals surface area contributed by atoms with Crippen molar-refractivity contribution >= 4 is 17.8 Å². The van der Waals surface area contributed by atoms with Gasteiger partial charge in [0, 0.05) is 28.0 Å². The van der Waals surface area contributed by atoms with Crippen LogP contribution >= 0.6 is 0 Å². The molecule has 0 aromatic heterocycles. The molecule has 2 aliphatic rings. The molecule has 2 amide bonds. The van der Waals surface area contributed by atoms with Crippen LogP contribution in [0.25, 0.3) is 21.6 Å². The number of carboxylic acid groups (broad SMARTS) is 1. The van der Waals surface area contributed by atoms with Crippen LogP contribution in [0.15, 0.2) is 47.6 Å². The number of amides is 2. The SMILES string of the molecule is [N-]=[N+]=NC[C@@]1(F)C[C@@H](C(=O)O)N(C(=O)CNC(=O)c2ccc3c(c2)-c2ccccc2C3(F)F)C1. The number of alkyl halides is 3. The van der Waals surface area contributed by atoms with Crippen molar-refractivity contribution in [2.24, 2.45) is 5.11 Å². The van der Waals surface area contributed by atoms with E-state index >= 15 is 0 Å². The van der Waals surface area contributed by atoms with Gasteiger partial charge in [0.1, 0.15) is 11.7 Å². The molecule has 0 unspecified atom stereocenters. The molecule has 2 N–H and O–H groups in total. The standard InChI is InChI=1S/C22H18F3N5O4/c23-21(10-28-29-26)8-17(20(33)34)30(11-21)18(31)9-27-19(32)12-5-6-16-14(7-12)13-3-1-2-4-15(13)22(16,24)25/h1-7,17H,8-11H2,(H,27,32)(H,33,34)/t17-,21-/m0/s1. The Morgan fingerprint density at radius 1 is 1.15 bits per heavy atom. The molecule has 2 atom stereocenters. The van der Waals surface area contributed by atoms with Crippen molar-refractivity contribution in [3.05, 3.63) is 69.6 Å². The Labute approximate surface area is 190 Å². The lowest BCUT2D eigenvalue weighted by molar-refractivity contribution is -0.147. The van der Waals surface area contributed by atoms with Gasteiger partial charge in [0.2, 0.25) is 5.91 Å². The van der Waals surface area contributed by atoms with Crippen LogP contribution in [-0.4, -0.2) is 59.1 Å². The minimum atomic E-state index is -3.20. The molecular formula is C22H18F3N5O4. The van der Waals surface area contributed by atoms with Crippen LogP contribution in [0.2, 0.25) is 0 Å². The first-order chi connectivity index (χ1) is 16.1. The summed E-state index contributed by atoms with van der Waals surface area (Å²) in [6.07, 6.45) is -0.556. The van der Waals surface area contributed by atoms with Gasteiger partial charge < -0.3 is 15.3 Å². The Bertz CT molecular complexity index is 1250. The molecular weight excluding hydrogens is 455 g/mol. The number of aliphatic carboxylic acids is 1. The van der Waals surface area contributed by atoms with Crippen molar-refractivity contribution in [3.8, 4) is 11.1 Å². The van der Waals surface area contributed by atoms with E-state index in [0.29, 0.717) is 5.56 Å². The maximum Gasteiger partial charge on any atom is 0.326 e. The molecule has 34 heavy (non-hydrogen) atoms. The van der Waals surface area contributed by atoms with Crippen LogP contribution in [0.5, 0.6) is 0 Å². The number of nitrogens with one attached hydrogen (secondary N) is 1. The summed E-state index contributed by atoms with van der Waals surface area (Å²) < 4.78 is 44.2. The molecule has 1 aliphatic heterocycles. The van der Waals surface area contributed by atoms with Gasteiger partial charge in [-0.1, -0.05) is 35.4 Å². The lowest BCUT2D eigenvalue weighted by atomic mass is 10.0. The quantitative estimate of drug-likeness (QED) is 0.378. The number of benzene rings is 2. The van der Waals surface area contributed by atoms with Crippen LogP contribution in [0.1, 0.15) is 27.9 Å². The van der Waals surface area contributed by atoms with Crippen LogP contribution in [0.3, 0.4) is 0 Å². The maximum atomic E-state index is 14.8. The molecule has 4 rings (SSSR count). The number of hydrogen-bond acceptors (Lipinski definition) is 4. The molecule has 1 saturated heterocycles. The van der Waals surface area contributed by atoms with Crippen molar-refractivity contribution in [1.29, 1.82) is 0 Å². The zero-order chi connectivity index (χ0) is 24.7. The van der Waals surface area contributed by atoms with Crippen LogP contribution in [0.4, 0.5) is 13.2 Å². The molecule has 0 spiro atoms. The Morgan fingerprint density at radius 2 is 1.85 bits per heavy atom. The summed E-state index contributed by atoms with van der Waals surface area (Å²) >= 11 is 0. The maximum absolute atomic E-state index is 14.8. The largest absolute Gasteiger partial charge is 0.480 e. The van der Waals surface area contributed by atoms with Gasteiger partial charge in [0.25, 0.3) is 11.8 Å². The van der Waals surface area contributed by atoms with E-state index in [2.05, 4.69) is 15.3 Å². The third-order valence-corrected chi connectivity index (χ3v) is 5.99. The number of carboxylic acids is 1. The Hall–Kier alpha value is -4.05. The highest BCUT2D eigenvalue weighted by molar-refractivity contribution is 5.99. The van der Waals surface area contributed by atoms with Gasteiger partial charge in [-0.05, 0) is 28.8 Å². The highest BCUT2D eigenvalue weighted by Crippen LogP contribution is 2.50. The summed E-state index contributed by atoms with van der Waals surface area (Å²) in [6.45, 7) is -1.88. The van der Waals surface area contributed by atoms with E-state index in [9.17, 15) is 32.7 Å². The third kappa shape index (κ3) is 3.92. The van der Waals surface area contributed by atoms with Crippen LogP contribution < -0.4 is 5.32 Å². The molecule has 12 heteroatoms. The van der Waals surface area contributed by atoms with Gasteiger partial charge in [-0.3, -0.25) is 9.59 Å². The number of halogens is 3. The summed E-state index contributed by atoms with van der Waals surface area (Å²) in [5, 5.41) is 14.8. The molecule has 2 aromatic carbocycles. The molecule has 1 heterocycles. The van der Waals surface area contributed by atoms with Crippen LogP contribution in [-0.2, 0) is 15.5 Å². The van der Waals surface area contributed by atoms with Gasteiger partial charge >= 0.3 is 5.97 Å². The van der Waals surface area contributed by atoms with Gasteiger partial charge in [-0.25, -0.2) is 9.18 Å². The van der Waals surface area contributed by atoms with E-state index in [4.69, 9.17) is 5.53 Å². The molecule has 1 aliphatic carbocycles. The first-order valence-electron chi connectivity index (χ1n) is 10.2. The smallest absolute Gasteiger partial charge is 0.326 e. The van der Waals surface area contributed by atoms with Gasteiger partial charge in [0.05, 0.1) is 19.6 Å². The highest BCUT2D eigenvalue weighted by atomic mass is 19.3. The fourth-order valence-corrected chi connectivity index (χ4v) is 4.37. The van der Waals surface area contributed by atoms with Gasteiger partial charge in [0.15, 0.2) is 0 Å². The average molecular weight is 473 g/mol. The van der Waals surface area contributed by atoms with Crippen molar-refractivity contribution < 1.29 is 32.7 Å². The first kappa shape index (κ1) is 23.1. The van der Waals surface area contributed by atoms with Crippen molar-refractivity contribution in [3.63, 3.8) is 0 Å². The molecule has 0 radical (unpaired) electrons. The first-order valence-corrected chi connectivity index (χ1v) is 10.2. The number of hydrogen-bond donors (Lipinski definition) is 2. The third-order valence-electron chi connectivity index (χ3n) is 5.99. The fraction of sp³-hybridized carbons (Fsp3) is 0.318. The average Bonchev–Trinajstić information content (AvgIpc) is 3.29. The molecule has 1 fully saturated rings. The number of carbonyl (C=O) groups excluding carboxylic acids is 2. The summed E-state index contributed by atoms with van der Waals surface area (Å²) in [5.41, 5.74) is 6.32. The summed E-state index contributed by atoms with van der Waals surface area (Å²) in [4.78, 5) is 39.9. The molecule has 0 saturated carbocycles. The predicted octanol–water partition coefficient (Wildman–Crippen LogP) is 3.24. The number of likely N-dealkylation sites (tertiary alicyclic amines) is 1. The molecule has 176 valence electrons. The van der Waals surface area contributed by atoms with E-state index in [-0.39, 0.29) is 22.3 Å². The number of nitrogens with zero attached hydrogens (tertiary/aromatic N) is 4. The second-order valence-electron chi connectivity index (χ2n) is 8.18. The number of carbonyl (C=O) groups is 3. The molecule has 0 bridgehead atoms. The topological polar surface area (TPSA) is 135 Å². The Balaban J connectivity index is 1.48. The van der Waals surface area contributed by atoms with Crippen LogP contribution in [0, 0.1) is 0 Å². The number of fused-ring (bicyclic) bond motifs is 3. The van der Waals surface area contributed by atoms with E-state index in [0.717, 1.165) is 11.0 Å². The normalized spacial score (nSPS) is 21.9. The lowest BCUT2D eigenvalue weighted by Gasteiger charge is -2.22. The van der Waals surface area contributed by atoms with E-state index < -0.39 is 61.5 Å². The second kappa shape index (κ2) is 8.38. The zero-order valence-electron chi connectivity index (χ0n) is 17.5. The minimum absolute atomic E-state index is 0.0263. The second-order valence-corrected chi connectivity index (χ2v) is 8.18. The number of rotatable bonds is 6. The predicted molar refractivity (Wildman–Crippen MR) is 113 cm³/mol.